The molecule has 0 unspecified atom stereocenters. The largest absolute Gasteiger partial charge is 0.454 e. The highest BCUT2D eigenvalue weighted by Crippen LogP contribution is 2.20. The Balaban J connectivity index is 1.89. The number of benzene rings is 1. The molecule has 2 rings (SSSR count). The lowest BCUT2D eigenvalue weighted by atomic mass is 9.97. The minimum Gasteiger partial charge on any atom is -0.454 e. The minimum absolute atomic E-state index is 0.135. The van der Waals surface area contributed by atoms with Crippen molar-refractivity contribution in [1.82, 2.24) is 9.88 Å². The predicted molar refractivity (Wildman–Crippen MR) is 101 cm³/mol. The van der Waals surface area contributed by atoms with Gasteiger partial charge in [0.15, 0.2) is 6.61 Å². The van der Waals surface area contributed by atoms with E-state index in [1.54, 1.807) is 12.3 Å². The Morgan fingerprint density at radius 3 is 2.50 bits per heavy atom. The van der Waals surface area contributed by atoms with Crippen LogP contribution in [0.1, 0.15) is 37.6 Å². The van der Waals surface area contributed by atoms with Gasteiger partial charge in [-0.3, -0.25) is 19.0 Å². The first kappa shape index (κ1) is 19.9. The second-order valence-electron chi connectivity index (χ2n) is 6.55. The summed E-state index contributed by atoms with van der Waals surface area (Å²) in [6, 6.07) is 9.57. The van der Waals surface area contributed by atoms with Gasteiger partial charge in [-0.25, -0.2) is 0 Å². The Morgan fingerprint density at radius 1 is 1.23 bits per heavy atom. The summed E-state index contributed by atoms with van der Waals surface area (Å²) in [5.74, 6) is -0.567. The average Bonchev–Trinajstić information content (AvgIpc) is 2.92. The van der Waals surface area contributed by atoms with E-state index in [2.05, 4.69) is 19.2 Å². The topological polar surface area (TPSA) is 77.4 Å². The number of thiazole rings is 1. The molecular weight excluding hydrogens is 352 g/mol. The van der Waals surface area contributed by atoms with Crippen molar-refractivity contribution in [2.45, 2.75) is 39.8 Å². The van der Waals surface area contributed by atoms with Crippen LogP contribution in [0.3, 0.4) is 0 Å². The molecule has 7 heteroatoms. The van der Waals surface area contributed by atoms with Crippen LogP contribution in [0.25, 0.3) is 0 Å². The number of esters is 1. The first-order valence-electron chi connectivity index (χ1n) is 8.51. The fraction of sp³-hybridized carbons (Fsp3) is 0.421. The van der Waals surface area contributed by atoms with E-state index in [4.69, 9.17) is 4.74 Å². The van der Waals surface area contributed by atoms with Gasteiger partial charge in [0.1, 0.15) is 6.54 Å². The number of carbonyl (C=O) groups is 2. The van der Waals surface area contributed by atoms with E-state index >= 15 is 0 Å². The van der Waals surface area contributed by atoms with E-state index in [1.165, 1.54) is 4.57 Å². The van der Waals surface area contributed by atoms with Crippen LogP contribution in [0.5, 0.6) is 0 Å². The van der Waals surface area contributed by atoms with Crippen LogP contribution in [0.15, 0.2) is 40.5 Å². The van der Waals surface area contributed by atoms with Crippen molar-refractivity contribution in [2.24, 2.45) is 5.92 Å². The maximum Gasteiger partial charge on any atom is 0.326 e. The zero-order valence-corrected chi connectivity index (χ0v) is 16.0. The van der Waals surface area contributed by atoms with E-state index in [1.807, 2.05) is 30.3 Å². The van der Waals surface area contributed by atoms with Gasteiger partial charge in [-0.1, -0.05) is 55.5 Å². The highest BCUT2D eigenvalue weighted by molar-refractivity contribution is 7.07. The molecule has 1 aromatic carbocycles. The Labute approximate surface area is 156 Å². The molecule has 1 heterocycles. The standard InChI is InChI=1S/C19H24N2O4S/c1-13(2)9-16(15-7-5-4-6-8-15)20-17(22)11-25-18(23)10-21-14(3)12-26-19(21)24/h4-8,12-13,16H,9-11H2,1-3H3,(H,20,22)/t16-/m0/s1. The summed E-state index contributed by atoms with van der Waals surface area (Å²) < 4.78 is 6.35. The van der Waals surface area contributed by atoms with E-state index < -0.39 is 5.97 Å². The number of carbonyl (C=O) groups excluding carboxylic acids is 2. The summed E-state index contributed by atoms with van der Waals surface area (Å²) in [4.78, 5) is 35.5. The predicted octanol–water partition coefficient (Wildman–Crippen LogP) is 2.67. The number of nitrogens with one attached hydrogen (secondary N) is 1. The molecule has 6 nitrogen and oxygen atoms in total. The molecule has 0 spiro atoms. The Bertz CT molecular complexity index is 795. The van der Waals surface area contributed by atoms with Gasteiger partial charge in [-0.2, -0.15) is 0 Å². The molecule has 0 radical (unpaired) electrons. The Morgan fingerprint density at radius 2 is 1.92 bits per heavy atom. The number of aromatic nitrogens is 1. The molecular formula is C19H24N2O4S. The fourth-order valence-corrected chi connectivity index (χ4v) is 3.32. The smallest absolute Gasteiger partial charge is 0.326 e. The third kappa shape index (κ3) is 5.84. The van der Waals surface area contributed by atoms with E-state index in [0.29, 0.717) is 11.6 Å². The molecule has 2 aromatic rings. The molecule has 0 aliphatic carbocycles. The zero-order valence-electron chi connectivity index (χ0n) is 15.2. The molecule has 140 valence electrons. The summed E-state index contributed by atoms with van der Waals surface area (Å²) in [5, 5.41) is 4.60. The van der Waals surface area contributed by atoms with E-state index in [9.17, 15) is 14.4 Å². The molecule has 1 atom stereocenters. The third-order valence-electron chi connectivity index (χ3n) is 3.87. The van der Waals surface area contributed by atoms with Crippen molar-refractivity contribution >= 4 is 23.2 Å². The lowest BCUT2D eigenvalue weighted by Gasteiger charge is -2.21. The molecule has 26 heavy (non-hydrogen) atoms. The lowest BCUT2D eigenvalue weighted by molar-refractivity contribution is -0.149. The van der Waals surface area contributed by atoms with Crippen molar-refractivity contribution < 1.29 is 14.3 Å². The monoisotopic (exact) mass is 376 g/mol. The number of ether oxygens (including phenoxy) is 1. The van der Waals surface area contributed by atoms with Crippen LogP contribution in [-0.2, 0) is 20.9 Å². The van der Waals surface area contributed by atoms with Crippen LogP contribution in [0, 0.1) is 12.8 Å². The average molecular weight is 376 g/mol. The molecule has 1 N–H and O–H groups in total. The molecule has 0 aliphatic rings. The van der Waals surface area contributed by atoms with Crippen molar-refractivity contribution in [2.75, 3.05) is 6.61 Å². The van der Waals surface area contributed by atoms with E-state index in [0.717, 1.165) is 23.3 Å². The summed E-state index contributed by atoms with van der Waals surface area (Å²) >= 11 is 1.03. The van der Waals surface area contributed by atoms with Crippen LogP contribution in [0.2, 0.25) is 0 Å². The first-order chi connectivity index (χ1) is 12.4. The van der Waals surface area contributed by atoms with Gasteiger partial charge < -0.3 is 10.1 Å². The van der Waals surface area contributed by atoms with Crippen molar-refractivity contribution in [3.8, 4) is 0 Å². The first-order valence-corrected chi connectivity index (χ1v) is 9.39. The summed E-state index contributed by atoms with van der Waals surface area (Å²) in [5.41, 5.74) is 1.71. The van der Waals surface area contributed by atoms with Gasteiger partial charge in [-0.15, -0.1) is 0 Å². The number of amides is 1. The van der Waals surface area contributed by atoms with Gasteiger partial charge in [-0.05, 0) is 24.8 Å². The second kappa shape index (κ2) is 9.33. The van der Waals surface area contributed by atoms with Crippen LogP contribution in [0.4, 0.5) is 0 Å². The van der Waals surface area contributed by atoms with Gasteiger partial charge in [0.25, 0.3) is 5.91 Å². The minimum atomic E-state index is -0.608. The second-order valence-corrected chi connectivity index (χ2v) is 7.37. The van der Waals surface area contributed by atoms with Gasteiger partial charge in [0.2, 0.25) is 0 Å². The molecule has 1 aromatic heterocycles. The third-order valence-corrected chi connectivity index (χ3v) is 4.75. The quantitative estimate of drug-likeness (QED) is 0.719. The molecule has 0 aliphatic heterocycles. The molecule has 0 fully saturated rings. The number of nitrogens with zero attached hydrogens (tertiary/aromatic N) is 1. The van der Waals surface area contributed by atoms with Crippen LogP contribution >= 0.6 is 11.3 Å². The fourth-order valence-electron chi connectivity index (χ4n) is 2.59. The number of hydrogen-bond acceptors (Lipinski definition) is 5. The Hall–Kier alpha value is -2.41. The van der Waals surface area contributed by atoms with Crippen molar-refractivity contribution in [3.63, 3.8) is 0 Å². The molecule has 0 bridgehead atoms. The highest BCUT2D eigenvalue weighted by atomic mass is 32.1. The number of rotatable bonds is 8. The SMILES string of the molecule is Cc1csc(=O)n1CC(=O)OCC(=O)N[C@@H](CC(C)C)c1ccccc1. The zero-order chi connectivity index (χ0) is 19.1. The van der Waals surface area contributed by atoms with Crippen molar-refractivity contribution in [1.29, 1.82) is 0 Å². The summed E-state index contributed by atoms with van der Waals surface area (Å²) in [6.07, 6.45) is 0.785. The van der Waals surface area contributed by atoms with Gasteiger partial charge in [0.05, 0.1) is 6.04 Å². The van der Waals surface area contributed by atoms with Gasteiger partial charge in [0, 0.05) is 11.1 Å². The van der Waals surface area contributed by atoms with Crippen LogP contribution < -0.4 is 10.2 Å². The highest BCUT2D eigenvalue weighted by Gasteiger charge is 2.17. The molecule has 0 saturated heterocycles. The normalized spacial score (nSPS) is 12.0. The maximum atomic E-state index is 12.2. The van der Waals surface area contributed by atoms with Crippen molar-refractivity contribution in [3.05, 3.63) is 56.6 Å². The molecule has 0 saturated carbocycles. The van der Waals surface area contributed by atoms with Gasteiger partial charge >= 0.3 is 10.8 Å². The number of aryl methyl sites for hydroxylation is 1. The summed E-state index contributed by atoms with van der Waals surface area (Å²) in [7, 11) is 0. The maximum absolute atomic E-state index is 12.2. The summed E-state index contributed by atoms with van der Waals surface area (Å²) in [6.45, 7) is 5.37. The van der Waals surface area contributed by atoms with E-state index in [-0.39, 0.29) is 30.0 Å². The van der Waals surface area contributed by atoms with Crippen LogP contribution in [-0.4, -0.2) is 23.1 Å². The lowest BCUT2D eigenvalue weighted by Crippen LogP contribution is -2.34. The Kier molecular flexibility index (Phi) is 7.15. The number of hydrogen-bond donors (Lipinski definition) is 1. The molecule has 1 amide bonds.